The van der Waals surface area contributed by atoms with Gasteiger partial charge in [-0.15, -0.1) is 0 Å². The molecule has 70 valence electrons. The molecular weight excluding hydrogens is 154 g/mol. The smallest absolute Gasteiger partial charge is 0.332 e. The molecule has 0 aromatic rings. The van der Waals surface area contributed by atoms with Crippen molar-refractivity contribution in [3.05, 3.63) is 0 Å². The van der Waals surface area contributed by atoms with E-state index in [1.54, 1.807) is 0 Å². The molecule has 0 atom stereocenters. The third-order valence-corrected chi connectivity index (χ3v) is 1.40. The molecule has 0 fully saturated rings. The molecule has 0 aromatic heterocycles. The minimum Gasteiger partial charge on any atom is -0.350 e. The average molecular weight is 171 g/mol. The first kappa shape index (κ1) is 10.9. The number of amides is 2. The summed E-state index contributed by atoms with van der Waals surface area (Å²) in [5.74, 6) is 0. The van der Waals surface area contributed by atoms with Crippen LogP contribution < -0.4 is 11.2 Å². The fraction of sp³-hybridized carbons (Fsp3) is 0.750. The predicted octanol–water partition coefficient (Wildman–Crippen LogP) is 1.61. The molecule has 0 aliphatic heterocycles. The van der Waals surface area contributed by atoms with Crippen LogP contribution >= 0.6 is 0 Å². The summed E-state index contributed by atoms with van der Waals surface area (Å²) < 4.78 is 0. The van der Waals surface area contributed by atoms with E-state index in [2.05, 4.69) is 24.4 Å². The molecule has 4 nitrogen and oxygen atoms in total. The number of nitrogens with two attached hydrogens (primary N) is 1. The van der Waals surface area contributed by atoms with Gasteiger partial charge in [-0.2, -0.15) is 5.10 Å². The van der Waals surface area contributed by atoms with Crippen LogP contribution in [0.4, 0.5) is 4.79 Å². The number of nitrogens with one attached hydrogen (secondary N) is 1. The Hall–Kier alpha value is -1.06. The van der Waals surface area contributed by atoms with Crippen LogP contribution in [0, 0.1) is 0 Å². The lowest BCUT2D eigenvalue weighted by molar-refractivity contribution is 0.249. The van der Waals surface area contributed by atoms with Crippen LogP contribution in [0.15, 0.2) is 5.10 Å². The van der Waals surface area contributed by atoms with Gasteiger partial charge in [0, 0.05) is 5.71 Å². The minimum absolute atomic E-state index is 0.597. The first-order valence-corrected chi connectivity index (χ1v) is 4.31. The largest absolute Gasteiger partial charge is 0.350 e. The van der Waals surface area contributed by atoms with E-state index in [1.165, 1.54) is 0 Å². The molecule has 4 heteroatoms. The second-order valence-electron chi connectivity index (χ2n) is 2.65. The van der Waals surface area contributed by atoms with Crippen LogP contribution in [0.3, 0.4) is 0 Å². The second kappa shape index (κ2) is 6.64. The molecule has 0 aromatic carbocycles. The SMILES string of the molecule is CCCC(CCC)=NNC(N)=O. The quantitative estimate of drug-likeness (QED) is 0.479. The molecule has 0 unspecified atom stereocenters. The summed E-state index contributed by atoms with van der Waals surface area (Å²) in [6.07, 6.45) is 3.93. The maximum absolute atomic E-state index is 10.3. The van der Waals surface area contributed by atoms with Gasteiger partial charge in [-0.3, -0.25) is 0 Å². The average Bonchev–Trinajstić information content (AvgIpc) is 2.01. The highest BCUT2D eigenvalue weighted by Gasteiger charge is 1.96. The molecule has 0 bridgehead atoms. The molecule has 0 spiro atoms. The maximum atomic E-state index is 10.3. The molecule has 3 N–H and O–H groups in total. The number of hydrazone groups is 1. The van der Waals surface area contributed by atoms with Crippen molar-refractivity contribution in [1.29, 1.82) is 0 Å². The molecule has 2 amide bonds. The van der Waals surface area contributed by atoms with Gasteiger partial charge < -0.3 is 5.73 Å². The zero-order chi connectivity index (χ0) is 9.40. The molecule has 0 rings (SSSR count). The van der Waals surface area contributed by atoms with Gasteiger partial charge in [0.25, 0.3) is 0 Å². The van der Waals surface area contributed by atoms with Gasteiger partial charge in [0.2, 0.25) is 0 Å². The lowest BCUT2D eigenvalue weighted by Gasteiger charge is -2.02. The Balaban J connectivity index is 3.89. The van der Waals surface area contributed by atoms with Crippen LogP contribution in [0.1, 0.15) is 39.5 Å². The molecule has 0 radical (unpaired) electrons. The highest BCUT2D eigenvalue weighted by atomic mass is 16.2. The van der Waals surface area contributed by atoms with Crippen molar-refractivity contribution in [3.8, 4) is 0 Å². The first-order valence-electron chi connectivity index (χ1n) is 4.31. The van der Waals surface area contributed by atoms with Crippen LogP contribution in [0.25, 0.3) is 0 Å². The summed E-state index contributed by atoms with van der Waals surface area (Å²) in [4.78, 5) is 10.3. The number of hydrogen-bond acceptors (Lipinski definition) is 2. The highest BCUT2D eigenvalue weighted by Crippen LogP contribution is 1.99. The van der Waals surface area contributed by atoms with Gasteiger partial charge >= 0.3 is 6.03 Å². The van der Waals surface area contributed by atoms with Gasteiger partial charge in [-0.05, 0) is 12.8 Å². The van der Waals surface area contributed by atoms with Crippen molar-refractivity contribution in [1.82, 2.24) is 5.43 Å². The van der Waals surface area contributed by atoms with Crippen LogP contribution in [-0.2, 0) is 0 Å². The van der Waals surface area contributed by atoms with Crippen molar-refractivity contribution in [3.63, 3.8) is 0 Å². The van der Waals surface area contributed by atoms with Gasteiger partial charge in [-0.25, -0.2) is 10.2 Å². The summed E-state index contributed by atoms with van der Waals surface area (Å²) in [7, 11) is 0. The van der Waals surface area contributed by atoms with E-state index in [0.29, 0.717) is 0 Å². The van der Waals surface area contributed by atoms with E-state index in [-0.39, 0.29) is 0 Å². The lowest BCUT2D eigenvalue weighted by Crippen LogP contribution is -2.25. The first-order chi connectivity index (χ1) is 5.70. The minimum atomic E-state index is -0.597. The Morgan fingerprint density at radius 2 is 1.83 bits per heavy atom. The van der Waals surface area contributed by atoms with Gasteiger partial charge in [0.1, 0.15) is 0 Å². The van der Waals surface area contributed by atoms with Crippen LogP contribution in [-0.4, -0.2) is 11.7 Å². The van der Waals surface area contributed by atoms with Crippen LogP contribution in [0.2, 0.25) is 0 Å². The van der Waals surface area contributed by atoms with E-state index in [9.17, 15) is 4.79 Å². The molecule has 0 heterocycles. The van der Waals surface area contributed by atoms with Crippen molar-refractivity contribution < 1.29 is 4.79 Å². The van der Waals surface area contributed by atoms with E-state index in [4.69, 9.17) is 5.73 Å². The summed E-state index contributed by atoms with van der Waals surface area (Å²) in [6, 6.07) is -0.597. The van der Waals surface area contributed by atoms with Gasteiger partial charge in [0.15, 0.2) is 0 Å². The van der Waals surface area contributed by atoms with Gasteiger partial charge in [-0.1, -0.05) is 26.7 Å². The fourth-order valence-corrected chi connectivity index (χ4v) is 0.948. The Labute approximate surface area is 73.2 Å². The van der Waals surface area contributed by atoms with Crippen LogP contribution in [0.5, 0.6) is 0 Å². The summed E-state index contributed by atoms with van der Waals surface area (Å²) in [5, 5.41) is 3.89. The van der Waals surface area contributed by atoms with E-state index in [0.717, 1.165) is 31.4 Å². The summed E-state index contributed by atoms with van der Waals surface area (Å²) in [5.41, 5.74) is 8.13. The van der Waals surface area contributed by atoms with E-state index >= 15 is 0 Å². The predicted molar refractivity (Wildman–Crippen MR) is 50.0 cm³/mol. The fourth-order valence-electron chi connectivity index (χ4n) is 0.948. The highest BCUT2D eigenvalue weighted by molar-refractivity contribution is 5.85. The van der Waals surface area contributed by atoms with Crippen molar-refractivity contribution in [2.75, 3.05) is 0 Å². The molecular formula is C8H17N3O. The third-order valence-electron chi connectivity index (χ3n) is 1.40. The monoisotopic (exact) mass is 171 g/mol. The number of carbonyl (C=O) groups excluding carboxylic acids is 1. The Bertz CT molecular complexity index is 158. The second-order valence-corrected chi connectivity index (χ2v) is 2.65. The van der Waals surface area contributed by atoms with E-state index < -0.39 is 6.03 Å². The number of carbonyl (C=O) groups is 1. The molecule has 0 saturated carbocycles. The maximum Gasteiger partial charge on any atom is 0.332 e. The lowest BCUT2D eigenvalue weighted by atomic mass is 10.1. The Kier molecular flexibility index (Phi) is 6.05. The standard InChI is InChI=1S/C8H17N3O/c1-3-5-7(6-4-2)10-11-8(9)12/h3-6H2,1-2H3,(H3,9,11,12). The molecule has 12 heavy (non-hydrogen) atoms. The Morgan fingerprint density at radius 1 is 1.33 bits per heavy atom. The number of hydrogen-bond donors (Lipinski definition) is 2. The molecule has 0 saturated heterocycles. The van der Waals surface area contributed by atoms with Gasteiger partial charge in [0.05, 0.1) is 0 Å². The number of urea groups is 1. The molecule has 0 aliphatic carbocycles. The van der Waals surface area contributed by atoms with Crippen molar-refractivity contribution in [2.24, 2.45) is 10.8 Å². The summed E-state index contributed by atoms with van der Waals surface area (Å²) >= 11 is 0. The van der Waals surface area contributed by atoms with Crippen molar-refractivity contribution >= 4 is 11.7 Å². The zero-order valence-electron chi connectivity index (χ0n) is 7.76. The molecule has 0 aliphatic rings. The zero-order valence-corrected chi connectivity index (χ0v) is 7.76. The topological polar surface area (TPSA) is 67.5 Å². The summed E-state index contributed by atoms with van der Waals surface area (Å²) in [6.45, 7) is 4.16. The Morgan fingerprint density at radius 3 is 2.17 bits per heavy atom. The third kappa shape index (κ3) is 5.70. The number of nitrogens with zero attached hydrogens (tertiary/aromatic N) is 1. The number of rotatable bonds is 5. The normalized spacial score (nSPS) is 9.17. The number of primary amides is 1. The van der Waals surface area contributed by atoms with E-state index in [1.807, 2.05) is 0 Å². The van der Waals surface area contributed by atoms with Crippen molar-refractivity contribution in [2.45, 2.75) is 39.5 Å².